The standard InChI is InChI=1S/C9H8BrFN2O2/c1-2-3-12-8-5-7(11)6(10)4-9(8)13(14)15/h2,4-5,12H,1,3H2. The molecule has 0 amide bonds. The second kappa shape index (κ2) is 4.88. The van der Waals surface area contributed by atoms with E-state index >= 15 is 0 Å². The van der Waals surface area contributed by atoms with E-state index in [2.05, 4.69) is 27.8 Å². The van der Waals surface area contributed by atoms with E-state index in [-0.39, 0.29) is 15.8 Å². The van der Waals surface area contributed by atoms with Gasteiger partial charge in [0.15, 0.2) is 0 Å². The summed E-state index contributed by atoms with van der Waals surface area (Å²) in [6, 6.07) is 2.20. The number of benzene rings is 1. The lowest BCUT2D eigenvalue weighted by Gasteiger charge is -2.05. The van der Waals surface area contributed by atoms with Gasteiger partial charge in [0.25, 0.3) is 5.69 Å². The van der Waals surface area contributed by atoms with Crippen LogP contribution in [0.4, 0.5) is 15.8 Å². The SMILES string of the molecule is C=CCNc1cc(F)c(Br)cc1[N+](=O)[O-]. The van der Waals surface area contributed by atoms with Crippen molar-refractivity contribution in [3.05, 3.63) is 45.2 Å². The number of nitrogens with one attached hydrogen (secondary N) is 1. The Kier molecular flexibility index (Phi) is 3.79. The highest BCUT2D eigenvalue weighted by Gasteiger charge is 2.16. The summed E-state index contributed by atoms with van der Waals surface area (Å²) >= 11 is 2.89. The van der Waals surface area contributed by atoms with Gasteiger partial charge in [-0.25, -0.2) is 4.39 Å². The van der Waals surface area contributed by atoms with Gasteiger partial charge in [0.05, 0.1) is 9.40 Å². The summed E-state index contributed by atoms with van der Waals surface area (Å²) in [5.74, 6) is -0.549. The molecule has 0 spiro atoms. The van der Waals surface area contributed by atoms with E-state index in [4.69, 9.17) is 0 Å². The van der Waals surface area contributed by atoms with Crippen LogP contribution >= 0.6 is 15.9 Å². The third-order valence-corrected chi connectivity index (χ3v) is 2.28. The minimum Gasteiger partial charge on any atom is -0.376 e. The van der Waals surface area contributed by atoms with Crippen molar-refractivity contribution in [1.29, 1.82) is 0 Å². The molecule has 15 heavy (non-hydrogen) atoms. The van der Waals surface area contributed by atoms with E-state index in [0.29, 0.717) is 6.54 Å². The normalized spacial score (nSPS) is 9.73. The summed E-state index contributed by atoms with van der Waals surface area (Å²) in [6.45, 7) is 3.79. The highest BCUT2D eigenvalue weighted by atomic mass is 79.9. The van der Waals surface area contributed by atoms with Crippen molar-refractivity contribution >= 4 is 27.3 Å². The second-order valence-electron chi connectivity index (χ2n) is 2.71. The maximum atomic E-state index is 13.1. The average Bonchev–Trinajstić information content (AvgIpc) is 2.19. The first-order valence-electron chi connectivity index (χ1n) is 4.04. The maximum absolute atomic E-state index is 13.1. The van der Waals surface area contributed by atoms with Gasteiger partial charge in [0.2, 0.25) is 0 Å². The summed E-state index contributed by atoms with van der Waals surface area (Å²) < 4.78 is 13.2. The van der Waals surface area contributed by atoms with Crippen molar-refractivity contribution in [2.45, 2.75) is 0 Å². The van der Waals surface area contributed by atoms with Gasteiger partial charge in [-0.05, 0) is 15.9 Å². The number of halogens is 2. The highest BCUT2D eigenvalue weighted by Crippen LogP contribution is 2.30. The van der Waals surface area contributed by atoms with Gasteiger partial charge >= 0.3 is 0 Å². The molecule has 1 aromatic carbocycles. The number of anilines is 1. The lowest BCUT2D eigenvalue weighted by molar-refractivity contribution is -0.384. The molecule has 1 N–H and O–H groups in total. The van der Waals surface area contributed by atoms with Crippen LogP contribution in [0.3, 0.4) is 0 Å². The van der Waals surface area contributed by atoms with E-state index in [1.807, 2.05) is 0 Å². The molecule has 0 atom stereocenters. The van der Waals surface area contributed by atoms with Crippen molar-refractivity contribution in [3.63, 3.8) is 0 Å². The Morgan fingerprint density at radius 1 is 1.67 bits per heavy atom. The fraction of sp³-hybridized carbons (Fsp3) is 0.111. The molecule has 0 aromatic heterocycles. The molecule has 4 nitrogen and oxygen atoms in total. The lowest BCUT2D eigenvalue weighted by Crippen LogP contribution is -2.02. The molecule has 0 bridgehead atoms. The van der Waals surface area contributed by atoms with Gasteiger partial charge in [-0.1, -0.05) is 6.08 Å². The van der Waals surface area contributed by atoms with Crippen LogP contribution in [-0.2, 0) is 0 Å². The van der Waals surface area contributed by atoms with Crippen LogP contribution in [0.5, 0.6) is 0 Å². The Labute approximate surface area is 94.1 Å². The molecule has 0 heterocycles. The van der Waals surface area contributed by atoms with E-state index in [9.17, 15) is 14.5 Å². The molecular weight excluding hydrogens is 267 g/mol. The highest BCUT2D eigenvalue weighted by molar-refractivity contribution is 9.10. The number of nitro groups is 1. The third-order valence-electron chi connectivity index (χ3n) is 1.67. The maximum Gasteiger partial charge on any atom is 0.293 e. The number of rotatable bonds is 4. The number of nitro benzene ring substituents is 1. The van der Waals surface area contributed by atoms with Crippen LogP contribution in [0, 0.1) is 15.9 Å². The molecule has 0 radical (unpaired) electrons. The molecule has 1 aromatic rings. The monoisotopic (exact) mass is 274 g/mol. The zero-order chi connectivity index (χ0) is 11.4. The predicted molar refractivity (Wildman–Crippen MR) is 59.4 cm³/mol. The van der Waals surface area contributed by atoms with Crippen LogP contribution in [0.1, 0.15) is 0 Å². The van der Waals surface area contributed by atoms with Gasteiger partial charge in [-0.2, -0.15) is 0 Å². The fourth-order valence-electron chi connectivity index (χ4n) is 1.01. The van der Waals surface area contributed by atoms with Gasteiger partial charge in [0.1, 0.15) is 11.5 Å². The van der Waals surface area contributed by atoms with Gasteiger partial charge in [0, 0.05) is 18.7 Å². The molecule has 0 saturated carbocycles. The fourth-order valence-corrected chi connectivity index (χ4v) is 1.34. The minimum absolute atomic E-state index is 0.0679. The molecule has 0 fully saturated rings. The van der Waals surface area contributed by atoms with E-state index in [1.165, 1.54) is 6.08 Å². The molecule has 0 aliphatic carbocycles. The largest absolute Gasteiger partial charge is 0.376 e. The molecule has 80 valence electrons. The molecule has 1 rings (SSSR count). The van der Waals surface area contributed by atoms with Gasteiger partial charge in [-0.15, -0.1) is 6.58 Å². The van der Waals surface area contributed by atoms with E-state index in [1.54, 1.807) is 0 Å². The first kappa shape index (κ1) is 11.6. The van der Waals surface area contributed by atoms with Crippen molar-refractivity contribution in [2.24, 2.45) is 0 Å². The number of hydrogen-bond acceptors (Lipinski definition) is 3. The summed E-state index contributed by atoms with van der Waals surface area (Å²) in [4.78, 5) is 10.1. The summed E-state index contributed by atoms with van der Waals surface area (Å²) in [7, 11) is 0. The van der Waals surface area contributed by atoms with Crippen molar-refractivity contribution in [1.82, 2.24) is 0 Å². The minimum atomic E-state index is -0.574. The average molecular weight is 275 g/mol. The van der Waals surface area contributed by atoms with Crippen molar-refractivity contribution < 1.29 is 9.31 Å². The zero-order valence-electron chi connectivity index (χ0n) is 7.67. The Balaban J connectivity index is 3.15. The second-order valence-corrected chi connectivity index (χ2v) is 3.56. The topological polar surface area (TPSA) is 55.2 Å². The first-order valence-corrected chi connectivity index (χ1v) is 4.83. The van der Waals surface area contributed by atoms with Gasteiger partial charge in [-0.3, -0.25) is 10.1 Å². The van der Waals surface area contributed by atoms with Crippen LogP contribution in [0.15, 0.2) is 29.3 Å². The summed E-state index contributed by atoms with van der Waals surface area (Å²) in [5, 5.41) is 13.3. The molecule has 6 heteroatoms. The van der Waals surface area contributed by atoms with Crippen LogP contribution in [0.2, 0.25) is 0 Å². The molecular formula is C9H8BrFN2O2. The lowest BCUT2D eigenvalue weighted by atomic mass is 10.2. The van der Waals surface area contributed by atoms with Crippen LogP contribution < -0.4 is 5.32 Å². The van der Waals surface area contributed by atoms with E-state index in [0.717, 1.165) is 12.1 Å². The Bertz CT molecular complexity index is 409. The summed E-state index contributed by atoms with van der Waals surface area (Å²) in [5.41, 5.74) is -0.0364. The Morgan fingerprint density at radius 3 is 2.87 bits per heavy atom. The van der Waals surface area contributed by atoms with Crippen LogP contribution in [-0.4, -0.2) is 11.5 Å². The number of nitrogens with zero attached hydrogens (tertiary/aromatic N) is 1. The van der Waals surface area contributed by atoms with E-state index < -0.39 is 10.7 Å². The number of hydrogen-bond donors (Lipinski definition) is 1. The molecule has 0 aliphatic heterocycles. The first-order chi connectivity index (χ1) is 7.06. The van der Waals surface area contributed by atoms with Crippen molar-refractivity contribution in [2.75, 3.05) is 11.9 Å². The predicted octanol–water partition coefficient (Wildman–Crippen LogP) is 3.09. The molecule has 0 unspecified atom stereocenters. The van der Waals surface area contributed by atoms with Crippen molar-refractivity contribution in [3.8, 4) is 0 Å². The Morgan fingerprint density at radius 2 is 2.33 bits per heavy atom. The quantitative estimate of drug-likeness (QED) is 0.522. The van der Waals surface area contributed by atoms with Gasteiger partial charge < -0.3 is 5.32 Å². The summed E-state index contributed by atoms with van der Waals surface area (Å²) in [6.07, 6.45) is 1.53. The Hall–Kier alpha value is -1.43. The smallest absolute Gasteiger partial charge is 0.293 e. The molecule has 0 aliphatic rings. The third kappa shape index (κ3) is 2.76. The molecule has 0 saturated heterocycles. The van der Waals surface area contributed by atoms with Crippen LogP contribution in [0.25, 0.3) is 0 Å². The zero-order valence-corrected chi connectivity index (χ0v) is 9.25.